The van der Waals surface area contributed by atoms with E-state index in [1.165, 1.54) is 6.42 Å². The fourth-order valence-corrected chi connectivity index (χ4v) is 3.46. The van der Waals surface area contributed by atoms with Gasteiger partial charge in [0.2, 0.25) is 10.0 Å². The lowest BCUT2D eigenvalue weighted by molar-refractivity contribution is 0.556. The van der Waals surface area contributed by atoms with Gasteiger partial charge in [-0.1, -0.05) is 0 Å². The van der Waals surface area contributed by atoms with Crippen LogP contribution in [-0.4, -0.2) is 30.7 Å². The Morgan fingerprint density at radius 3 is 2.77 bits per heavy atom. The van der Waals surface area contributed by atoms with Gasteiger partial charge in [0.25, 0.3) is 0 Å². The Hall–Kier alpha value is 0.550. The molecule has 0 bridgehead atoms. The molecule has 0 aromatic carbocycles. The number of hydrogen-bond acceptors (Lipinski definition) is 3. The van der Waals surface area contributed by atoms with Crippen molar-refractivity contribution >= 4 is 33.4 Å². The Kier molecular flexibility index (Phi) is 3.92. The number of thioether (sulfide) groups is 1. The third-order valence-electron chi connectivity index (χ3n) is 2.11. The molecule has 1 rings (SSSR count). The molecule has 1 aliphatic rings. The lowest BCUT2D eigenvalue weighted by Gasteiger charge is -2.22. The summed E-state index contributed by atoms with van der Waals surface area (Å²) < 4.78 is 24.7. The second-order valence-corrected chi connectivity index (χ2v) is 7.52. The Bertz CT molecular complexity index is 260. The quantitative estimate of drug-likeness (QED) is 0.759. The van der Waals surface area contributed by atoms with Crippen molar-refractivity contribution < 1.29 is 8.42 Å². The minimum Gasteiger partial charge on any atom is -0.213 e. The third-order valence-corrected chi connectivity index (χ3v) is 5.38. The van der Waals surface area contributed by atoms with Crippen LogP contribution in [0.5, 0.6) is 0 Å². The summed E-state index contributed by atoms with van der Waals surface area (Å²) in [6.07, 6.45) is 2.24. The van der Waals surface area contributed by atoms with E-state index in [0.29, 0.717) is 6.54 Å². The summed E-state index contributed by atoms with van der Waals surface area (Å²) in [7, 11) is -3.24. The van der Waals surface area contributed by atoms with Crippen LogP contribution in [0.25, 0.3) is 0 Å². The van der Waals surface area contributed by atoms with E-state index in [1.807, 2.05) is 11.8 Å². The molecule has 78 valence electrons. The van der Waals surface area contributed by atoms with Crippen LogP contribution < -0.4 is 4.72 Å². The molecule has 1 atom stereocenters. The van der Waals surface area contributed by atoms with Crippen LogP contribution in [0.4, 0.5) is 0 Å². The van der Waals surface area contributed by atoms with Gasteiger partial charge in [-0.25, -0.2) is 13.1 Å². The van der Waals surface area contributed by atoms with Gasteiger partial charge in [-0.3, -0.25) is 0 Å². The molecular weight excluding hydrogens is 230 g/mol. The minimum atomic E-state index is -3.24. The van der Waals surface area contributed by atoms with Gasteiger partial charge in [-0.05, 0) is 25.5 Å². The van der Waals surface area contributed by atoms with E-state index < -0.39 is 10.0 Å². The molecule has 1 unspecified atom stereocenters. The first-order chi connectivity index (χ1) is 5.97. The largest absolute Gasteiger partial charge is 0.225 e. The van der Waals surface area contributed by atoms with Crippen molar-refractivity contribution in [1.29, 1.82) is 0 Å². The molecule has 0 saturated carbocycles. The van der Waals surface area contributed by atoms with Crippen LogP contribution in [0.3, 0.4) is 0 Å². The molecule has 1 fully saturated rings. The molecule has 1 aliphatic heterocycles. The van der Waals surface area contributed by atoms with Crippen LogP contribution in [0.15, 0.2) is 0 Å². The predicted octanol–water partition coefficient (Wildman–Crippen LogP) is 1.39. The van der Waals surface area contributed by atoms with Gasteiger partial charge in [0.15, 0.2) is 0 Å². The molecule has 1 heterocycles. The van der Waals surface area contributed by atoms with Crippen LogP contribution in [0, 0.1) is 0 Å². The Morgan fingerprint density at radius 2 is 2.31 bits per heavy atom. The van der Waals surface area contributed by atoms with E-state index in [2.05, 4.69) is 11.6 Å². The zero-order valence-electron chi connectivity index (χ0n) is 7.55. The molecule has 0 amide bonds. The number of nitrogens with one attached hydrogen (secondary N) is 1. The Balaban J connectivity index is 2.42. The third kappa shape index (κ3) is 3.65. The summed E-state index contributed by atoms with van der Waals surface area (Å²) >= 11 is 7.09. The summed E-state index contributed by atoms with van der Waals surface area (Å²) in [5, 5.41) is -0.353. The maximum Gasteiger partial charge on any atom is 0.225 e. The second kappa shape index (κ2) is 4.38. The average molecular weight is 244 g/mol. The van der Waals surface area contributed by atoms with Crippen molar-refractivity contribution in [3.05, 3.63) is 0 Å². The highest BCUT2D eigenvalue weighted by Gasteiger charge is 2.30. The highest BCUT2D eigenvalue weighted by Crippen LogP contribution is 2.37. The van der Waals surface area contributed by atoms with Gasteiger partial charge in [0.05, 0.1) is 0 Å². The van der Waals surface area contributed by atoms with E-state index in [9.17, 15) is 8.42 Å². The monoisotopic (exact) mass is 243 g/mol. The summed E-state index contributed by atoms with van der Waals surface area (Å²) in [6.45, 7) is 2.58. The Labute approximate surface area is 88.7 Å². The van der Waals surface area contributed by atoms with Gasteiger partial charge in [-0.15, -0.1) is 11.6 Å². The smallest absolute Gasteiger partial charge is 0.213 e. The summed E-state index contributed by atoms with van der Waals surface area (Å²) in [6, 6.07) is 0. The molecule has 3 nitrogen and oxygen atoms in total. The van der Waals surface area contributed by atoms with Gasteiger partial charge in [0.1, 0.15) is 5.21 Å². The van der Waals surface area contributed by atoms with Gasteiger partial charge >= 0.3 is 0 Å². The predicted molar refractivity (Wildman–Crippen MR) is 57.7 cm³/mol. The number of halogens is 1. The average Bonchev–Trinajstić information content (AvgIpc) is 2.50. The number of hydrogen-bond donors (Lipinski definition) is 1. The summed E-state index contributed by atoms with van der Waals surface area (Å²) in [4.78, 5) is 0. The van der Waals surface area contributed by atoms with E-state index in [4.69, 9.17) is 11.6 Å². The normalized spacial score (nSPS) is 29.4. The van der Waals surface area contributed by atoms with E-state index in [1.54, 1.807) is 0 Å². The zero-order chi connectivity index (χ0) is 9.95. The molecule has 13 heavy (non-hydrogen) atoms. The zero-order valence-corrected chi connectivity index (χ0v) is 9.94. The fourth-order valence-electron chi connectivity index (χ4n) is 1.28. The SMILES string of the molecule is CC1(CNS(=O)(=O)CCl)CCCS1. The van der Waals surface area contributed by atoms with Gasteiger partial charge < -0.3 is 0 Å². The number of sulfonamides is 1. The van der Waals surface area contributed by atoms with Crippen LogP contribution in [-0.2, 0) is 10.0 Å². The van der Waals surface area contributed by atoms with E-state index in [0.717, 1.165) is 12.2 Å². The van der Waals surface area contributed by atoms with Gasteiger partial charge in [0, 0.05) is 11.3 Å². The topological polar surface area (TPSA) is 46.2 Å². The fraction of sp³-hybridized carbons (Fsp3) is 1.00. The number of alkyl halides is 1. The molecule has 0 aromatic rings. The van der Waals surface area contributed by atoms with Crippen molar-refractivity contribution in [1.82, 2.24) is 4.72 Å². The van der Waals surface area contributed by atoms with Crippen LogP contribution >= 0.6 is 23.4 Å². The van der Waals surface area contributed by atoms with Crippen molar-refractivity contribution in [2.75, 3.05) is 17.5 Å². The van der Waals surface area contributed by atoms with Crippen LogP contribution in [0.2, 0.25) is 0 Å². The van der Waals surface area contributed by atoms with E-state index in [-0.39, 0.29) is 9.96 Å². The standard InChI is InChI=1S/C7H14ClNO2S2/c1-7(3-2-4-12-7)5-9-13(10,11)6-8/h9H,2-6H2,1H3. The van der Waals surface area contributed by atoms with Crippen LogP contribution in [0.1, 0.15) is 19.8 Å². The lowest BCUT2D eigenvalue weighted by atomic mass is 10.1. The minimum absolute atomic E-state index is 0.0686. The van der Waals surface area contributed by atoms with Gasteiger partial charge in [-0.2, -0.15) is 11.8 Å². The summed E-state index contributed by atoms with van der Waals surface area (Å²) in [5.74, 6) is 1.12. The molecule has 0 radical (unpaired) electrons. The molecule has 1 saturated heterocycles. The summed E-state index contributed by atoms with van der Waals surface area (Å²) in [5.41, 5.74) is 0. The molecule has 0 aliphatic carbocycles. The lowest BCUT2D eigenvalue weighted by Crippen LogP contribution is -2.37. The maximum absolute atomic E-state index is 11.0. The van der Waals surface area contributed by atoms with Crippen molar-refractivity contribution in [2.45, 2.75) is 24.5 Å². The van der Waals surface area contributed by atoms with E-state index >= 15 is 0 Å². The first-order valence-electron chi connectivity index (χ1n) is 4.15. The number of rotatable bonds is 4. The highest BCUT2D eigenvalue weighted by molar-refractivity contribution is 8.01. The first kappa shape index (κ1) is 11.6. The van der Waals surface area contributed by atoms with Crippen molar-refractivity contribution in [3.8, 4) is 0 Å². The molecular formula is C7H14ClNO2S2. The highest BCUT2D eigenvalue weighted by atomic mass is 35.5. The maximum atomic E-state index is 11.0. The van der Waals surface area contributed by atoms with Crippen molar-refractivity contribution in [3.63, 3.8) is 0 Å². The second-order valence-electron chi connectivity index (χ2n) is 3.45. The first-order valence-corrected chi connectivity index (χ1v) is 7.32. The molecule has 0 spiro atoms. The molecule has 0 aromatic heterocycles. The molecule has 6 heteroatoms. The Morgan fingerprint density at radius 1 is 1.62 bits per heavy atom. The molecule has 1 N–H and O–H groups in total. The van der Waals surface area contributed by atoms with Crippen molar-refractivity contribution in [2.24, 2.45) is 0 Å².